The van der Waals surface area contributed by atoms with Crippen LogP contribution in [-0.4, -0.2) is 22.5 Å². The molecule has 0 bridgehead atoms. The van der Waals surface area contributed by atoms with Gasteiger partial charge in [-0.15, -0.1) is 0 Å². The van der Waals surface area contributed by atoms with Crippen LogP contribution in [0.1, 0.15) is 29.9 Å². The number of nitrogens with one attached hydrogen (secondary N) is 1. The summed E-state index contributed by atoms with van der Waals surface area (Å²) < 4.78 is 0. The van der Waals surface area contributed by atoms with Gasteiger partial charge in [-0.25, -0.2) is 9.69 Å². The first kappa shape index (κ1) is 13.9. The first-order valence-corrected chi connectivity index (χ1v) is 7.73. The lowest BCUT2D eigenvalue weighted by Gasteiger charge is -2.42. The van der Waals surface area contributed by atoms with E-state index in [1.165, 1.54) is 10.5 Å². The predicted molar refractivity (Wildman–Crippen MR) is 86.1 cm³/mol. The molecule has 5 nitrogen and oxygen atoms in total. The SMILES string of the molecule is Cc1ccncc1N1C(=O)NC2(CC(c3ccccc3)C2)C1=O. The summed E-state index contributed by atoms with van der Waals surface area (Å²) in [5, 5.41) is 2.90. The number of hydrogen-bond acceptors (Lipinski definition) is 3. The van der Waals surface area contributed by atoms with E-state index in [0.29, 0.717) is 24.4 Å². The van der Waals surface area contributed by atoms with E-state index >= 15 is 0 Å². The highest BCUT2D eigenvalue weighted by Gasteiger charge is 2.59. The minimum Gasteiger partial charge on any atom is -0.323 e. The summed E-state index contributed by atoms with van der Waals surface area (Å²) in [7, 11) is 0. The molecule has 4 rings (SSSR count). The van der Waals surface area contributed by atoms with Gasteiger partial charge in [-0.3, -0.25) is 9.78 Å². The number of imide groups is 1. The van der Waals surface area contributed by atoms with E-state index in [-0.39, 0.29) is 11.9 Å². The van der Waals surface area contributed by atoms with Gasteiger partial charge in [-0.1, -0.05) is 30.3 Å². The maximum atomic E-state index is 12.9. The zero-order valence-corrected chi connectivity index (χ0v) is 12.8. The summed E-state index contributed by atoms with van der Waals surface area (Å²) in [5.41, 5.74) is 1.89. The van der Waals surface area contributed by atoms with Gasteiger partial charge in [-0.05, 0) is 42.9 Å². The summed E-state index contributed by atoms with van der Waals surface area (Å²) in [6.45, 7) is 1.87. The van der Waals surface area contributed by atoms with E-state index in [1.54, 1.807) is 18.5 Å². The minimum absolute atomic E-state index is 0.161. The number of nitrogens with zero attached hydrogens (tertiary/aromatic N) is 2. The lowest BCUT2D eigenvalue weighted by Crippen LogP contribution is -2.56. The summed E-state index contributed by atoms with van der Waals surface area (Å²) in [4.78, 5) is 30.5. The number of benzene rings is 1. The van der Waals surface area contributed by atoms with Crippen LogP contribution in [0.15, 0.2) is 48.8 Å². The molecule has 2 fully saturated rings. The number of rotatable bonds is 2. The van der Waals surface area contributed by atoms with E-state index in [4.69, 9.17) is 0 Å². The van der Waals surface area contributed by atoms with Crippen molar-refractivity contribution in [2.45, 2.75) is 31.2 Å². The molecule has 1 N–H and O–H groups in total. The zero-order chi connectivity index (χ0) is 16.0. The molecule has 5 heteroatoms. The maximum Gasteiger partial charge on any atom is 0.329 e. The summed E-state index contributed by atoms with van der Waals surface area (Å²) in [6.07, 6.45) is 4.52. The number of aryl methyl sites for hydroxylation is 1. The molecule has 2 aromatic rings. The Morgan fingerprint density at radius 2 is 1.91 bits per heavy atom. The highest BCUT2D eigenvalue weighted by atomic mass is 16.2. The fraction of sp³-hybridized carbons (Fsp3) is 0.278. The van der Waals surface area contributed by atoms with Crippen LogP contribution in [0, 0.1) is 6.92 Å². The highest BCUT2D eigenvalue weighted by Crippen LogP contribution is 2.48. The molecule has 1 saturated carbocycles. The lowest BCUT2D eigenvalue weighted by molar-refractivity contribution is -0.125. The number of carbonyl (C=O) groups excluding carboxylic acids is 2. The maximum absolute atomic E-state index is 12.9. The number of amides is 3. The fourth-order valence-corrected chi connectivity index (χ4v) is 3.55. The van der Waals surface area contributed by atoms with Crippen LogP contribution < -0.4 is 10.2 Å². The molecule has 2 aliphatic rings. The molecule has 1 spiro atoms. The van der Waals surface area contributed by atoms with E-state index < -0.39 is 5.54 Å². The number of hydrogen-bond donors (Lipinski definition) is 1. The van der Waals surface area contributed by atoms with Gasteiger partial charge in [0.15, 0.2) is 0 Å². The average Bonchev–Trinajstić information content (AvgIpc) is 2.79. The Labute approximate surface area is 134 Å². The van der Waals surface area contributed by atoms with Gasteiger partial charge < -0.3 is 5.32 Å². The van der Waals surface area contributed by atoms with Crippen molar-refractivity contribution in [3.05, 3.63) is 59.9 Å². The lowest BCUT2D eigenvalue weighted by atomic mass is 9.65. The smallest absolute Gasteiger partial charge is 0.323 e. The van der Waals surface area contributed by atoms with Crippen molar-refractivity contribution < 1.29 is 9.59 Å². The Bertz CT molecular complexity index is 782. The van der Waals surface area contributed by atoms with Crippen molar-refractivity contribution in [3.8, 4) is 0 Å². The summed E-state index contributed by atoms with van der Waals surface area (Å²) in [5.74, 6) is 0.154. The Hall–Kier alpha value is -2.69. The van der Waals surface area contributed by atoms with Crippen LogP contribution in [0.25, 0.3) is 0 Å². The molecule has 1 saturated heterocycles. The van der Waals surface area contributed by atoms with Crippen molar-refractivity contribution >= 4 is 17.6 Å². The molecule has 1 aliphatic carbocycles. The number of aromatic nitrogens is 1. The normalized spacial score (nSPS) is 26.3. The monoisotopic (exact) mass is 307 g/mol. The molecule has 1 aromatic heterocycles. The van der Waals surface area contributed by atoms with Gasteiger partial charge in [0.05, 0.1) is 11.9 Å². The molecule has 23 heavy (non-hydrogen) atoms. The van der Waals surface area contributed by atoms with Gasteiger partial charge in [0.2, 0.25) is 0 Å². The molecule has 116 valence electrons. The van der Waals surface area contributed by atoms with E-state index in [0.717, 1.165) is 5.56 Å². The van der Waals surface area contributed by atoms with Crippen LogP contribution in [0.3, 0.4) is 0 Å². The average molecular weight is 307 g/mol. The van der Waals surface area contributed by atoms with Crippen LogP contribution in [0.4, 0.5) is 10.5 Å². The molecule has 1 aliphatic heterocycles. The summed E-state index contributed by atoms with van der Waals surface area (Å²) in [6, 6.07) is 11.6. The molecule has 1 aromatic carbocycles. The zero-order valence-electron chi connectivity index (χ0n) is 12.8. The first-order chi connectivity index (χ1) is 11.1. The molecule has 3 amide bonds. The first-order valence-electron chi connectivity index (χ1n) is 7.73. The van der Waals surface area contributed by atoms with Crippen molar-refractivity contribution in [1.29, 1.82) is 0 Å². The Morgan fingerprint density at radius 3 is 2.61 bits per heavy atom. The van der Waals surface area contributed by atoms with E-state index in [2.05, 4.69) is 22.4 Å². The van der Waals surface area contributed by atoms with Crippen LogP contribution in [0.5, 0.6) is 0 Å². The second-order valence-electron chi connectivity index (χ2n) is 6.33. The predicted octanol–water partition coefficient (Wildman–Crippen LogP) is 2.76. The number of anilines is 1. The number of pyridine rings is 1. The Kier molecular flexibility index (Phi) is 2.98. The molecule has 0 unspecified atom stereocenters. The standard InChI is InChI=1S/C18H17N3O2/c1-12-7-8-19-11-15(12)21-16(22)18(20-17(21)23)9-14(10-18)13-5-3-2-4-6-13/h2-8,11,14H,9-10H2,1H3,(H,20,23). The van der Waals surface area contributed by atoms with Gasteiger partial charge in [0.1, 0.15) is 5.54 Å². The molecule has 0 atom stereocenters. The van der Waals surface area contributed by atoms with Gasteiger partial charge >= 0.3 is 6.03 Å². The molecule has 2 heterocycles. The molecule has 0 radical (unpaired) electrons. The third kappa shape index (κ3) is 2.04. The van der Waals surface area contributed by atoms with Crippen molar-refractivity contribution in [1.82, 2.24) is 10.3 Å². The van der Waals surface area contributed by atoms with Gasteiger partial charge in [0.25, 0.3) is 5.91 Å². The van der Waals surface area contributed by atoms with Gasteiger partial charge in [0, 0.05) is 6.20 Å². The van der Waals surface area contributed by atoms with Crippen LogP contribution in [-0.2, 0) is 4.79 Å². The van der Waals surface area contributed by atoms with Crippen molar-refractivity contribution in [3.63, 3.8) is 0 Å². The number of urea groups is 1. The molecular weight excluding hydrogens is 290 g/mol. The van der Waals surface area contributed by atoms with Crippen LogP contribution >= 0.6 is 0 Å². The van der Waals surface area contributed by atoms with Crippen molar-refractivity contribution in [2.24, 2.45) is 0 Å². The summed E-state index contributed by atoms with van der Waals surface area (Å²) >= 11 is 0. The number of carbonyl (C=O) groups is 2. The van der Waals surface area contributed by atoms with Gasteiger partial charge in [-0.2, -0.15) is 0 Å². The van der Waals surface area contributed by atoms with Crippen LogP contribution in [0.2, 0.25) is 0 Å². The highest BCUT2D eigenvalue weighted by molar-refractivity contribution is 6.24. The minimum atomic E-state index is -0.750. The largest absolute Gasteiger partial charge is 0.329 e. The third-order valence-corrected chi connectivity index (χ3v) is 4.87. The Morgan fingerprint density at radius 1 is 1.17 bits per heavy atom. The molecular formula is C18H17N3O2. The van der Waals surface area contributed by atoms with Crippen molar-refractivity contribution in [2.75, 3.05) is 4.90 Å². The van der Waals surface area contributed by atoms with E-state index in [9.17, 15) is 9.59 Å². The Balaban J connectivity index is 1.59. The van der Waals surface area contributed by atoms with E-state index in [1.807, 2.05) is 25.1 Å². The second kappa shape index (κ2) is 4.91. The third-order valence-electron chi connectivity index (χ3n) is 4.87. The quantitative estimate of drug-likeness (QED) is 0.868. The second-order valence-corrected chi connectivity index (χ2v) is 6.33. The topological polar surface area (TPSA) is 62.3 Å². The fourth-order valence-electron chi connectivity index (χ4n) is 3.55.